The maximum absolute atomic E-state index is 13.5. The van der Waals surface area contributed by atoms with Gasteiger partial charge >= 0.3 is 5.97 Å². The summed E-state index contributed by atoms with van der Waals surface area (Å²) in [6.07, 6.45) is 2.78. The quantitative estimate of drug-likeness (QED) is 0.882. The fraction of sp³-hybridized carbons (Fsp3) is 0.353. The second-order valence-corrected chi connectivity index (χ2v) is 5.78. The number of methoxy groups -OCH3 is 1. The molecule has 2 heterocycles. The first kappa shape index (κ1) is 17.1. The van der Waals surface area contributed by atoms with Gasteiger partial charge in [0.25, 0.3) is 0 Å². The summed E-state index contributed by atoms with van der Waals surface area (Å²) in [5, 5.41) is 8.84. The number of aromatic nitrogens is 2. The maximum atomic E-state index is 13.5. The van der Waals surface area contributed by atoms with Crippen LogP contribution in [0.1, 0.15) is 16.2 Å². The minimum atomic E-state index is -1.08. The normalized spacial score (nSPS) is 15.2. The Labute approximate surface area is 144 Å². The number of piperazine rings is 1. The van der Waals surface area contributed by atoms with Crippen molar-refractivity contribution in [1.29, 1.82) is 0 Å². The molecule has 25 heavy (non-hydrogen) atoms. The molecule has 1 N–H and O–H groups in total. The van der Waals surface area contributed by atoms with Crippen molar-refractivity contribution >= 4 is 11.7 Å². The lowest BCUT2D eigenvalue weighted by Gasteiger charge is -2.36. The number of ether oxygens (including phenoxy) is 1. The first-order valence-corrected chi connectivity index (χ1v) is 7.92. The lowest BCUT2D eigenvalue weighted by Crippen LogP contribution is -2.46. The van der Waals surface area contributed by atoms with Crippen molar-refractivity contribution in [2.24, 2.45) is 0 Å². The Morgan fingerprint density at radius 3 is 2.60 bits per heavy atom. The van der Waals surface area contributed by atoms with Crippen LogP contribution < -0.4 is 9.64 Å². The lowest BCUT2D eigenvalue weighted by atomic mass is 10.2. The summed E-state index contributed by atoms with van der Waals surface area (Å²) in [6.45, 7) is 3.86. The van der Waals surface area contributed by atoms with E-state index < -0.39 is 5.97 Å². The van der Waals surface area contributed by atoms with Gasteiger partial charge in [-0.05, 0) is 12.1 Å². The van der Waals surface area contributed by atoms with Gasteiger partial charge < -0.3 is 14.7 Å². The molecule has 7 nitrogen and oxygen atoms in total. The van der Waals surface area contributed by atoms with Crippen LogP contribution in [0.2, 0.25) is 0 Å². The summed E-state index contributed by atoms with van der Waals surface area (Å²) in [5.41, 5.74) is 1.62. The van der Waals surface area contributed by atoms with Gasteiger partial charge in [-0.2, -0.15) is 0 Å². The molecule has 0 radical (unpaired) electrons. The van der Waals surface area contributed by atoms with Crippen molar-refractivity contribution < 1.29 is 19.0 Å². The average molecular weight is 346 g/mol. The molecule has 0 atom stereocenters. The van der Waals surface area contributed by atoms with Gasteiger partial charge in [0, 0.05) is 44.5 Å². The molecule has 1 fully saturated rings. The van der Waals surface area contributed by atoms with E-state index in [4.69, 9.17) is 9.84 Å². The van der Waals surface area contributed by atoms with Gasteiger partial charge in [-0.3, -0.25) is 9.88 Å². The number of carboxylic acids is 1. The largest absolute Gasteiger partial charge is 0.494 e. The van der Waals surface area contributed by atoms with Crippen molar-refractivity contribution in [2.45, 2.75) is 6.54 Å². The van der Waals surface area contributed by atoms with Crippen LogP contribution in [0.25, 0.3) is 0 Å². The zero-order chi connectivity index (χ0) is 17.8. The molecule has 0 amide bonds. The van der Waals surface area contributed by atoms with E-state index >= 15 is 0 Å². The highest BCUT2D eigenvalue weighted by molar-refractivity contribution is 5.84. The van der Waals surface area contributed by atoms with Crippen LogP contribution in [-0.4, -0.2) is 59.2 Å². The number of carbonyl (C=O) groups is 1. The van der Waals surface area contributed by atoms with Crippen molar-refractivity contribution in [2.75, 3.05) is 38.2 Å². The molecule has 1 aromatic heterocycles. The second-order valence-electron chi connectivity index (χ2n) is 5.78. The molecule has 1 aliphatic heterocycles. The van der Waals surface area contributed by atoms with Crippen LogP contribution in [0.15, 0.2) is 30.6 Å². The van der Waals surface area contributed by atoms with E-state index in [-0.39, 0.29) is 17.3 Å². The van der Waals surface area contributed by atoms with Gasteiger partial charge in [0.05, 0.1) is 25.2 Å². The maximum Gasteiger partial charge on any atom is 0.356 e. The third kappa shape index (κ3) is 4.03. The van der Waals surface area contributed by atoms with Gasteiger partial charge in [-0.25, -0.2) is 14.2 Å². The molecule has 0 unspecified atom stereocenters. The van der Waals surface area contributed by atoms with Crippen LogP contribution in [0.4, 0.5) is 10.1 Å². The van der Waals surface area contributed by atoms with E-state index in [1.807, 2.05) is 0 Å². The van der Waals surface area contributed by atoms with Crippen molar-refractivity contribution in [1.82, 2.24) is 14.9 Å². The number of halogens is 1. The number of benzene rings is 1. The van der Waals surface area contributed by atoms with Crippen molar-refractivity contribution in [3.8, 4) is 5.75 Å². The van der Waals surface area contributed by atoms with Crippen LogP contribution in [0, 0.1) is 5.82 Å². The summed E-state index contributed by atoms with van der Waals surface area (Å²) in [6, 6.07) is 4.88. The molecular weight excluding hydrogens is 327 g/mol. The second kappa shape index (κ2) is 7.43. The summed E-state index contributed by atoms with van der Waals surface area (Å²) in [7, 11) is 1.46. The SMILES string of the molecule is COc1cc(N2CCN(Cc3cnc(C(=O)O)cn3)CC2)ccc1F. The predicted molar refractivity (Wildman–Crippen MR) is 89.4 cm³/mol. The number of aromatic carboxylic acids is 1. The van der Waals surface area contributed by atoms with Gasteiger partial charge in [0.1, 0.15) is 0 Å². The molecule has 1 saturated heterocycles. The molecule has 0 spiro atoms. The predicted octanol–water partition coefficient (Wildman–Crippen LogP) is 1.64. The smallest absolute Gasteiger partial charge is 0.356 e. The first-order chi connectivity index (χ1) is 12.1. The van der Waals surface area contributed by atoms with E-state index in [9.17, 15) is 9.18 Å². The van der Waals surface area contributed by atoms with Gasteiger partial charge in [-0.1, -0.05) is 0 Å². The molecule has 3 rings (SSSR count). The molecular formula is C17H19FN4O3. The first-order valence-electron chi connectivity index (χ1n) is 7.92. The molecule has 1 aromatic carbocycles. The number of carboxylic acid groups (broad SMARTS) is 1. The summed E-state index contributed by atoms with van der Waals surface area (Å²) >= 11 is 0. The number of hydrogen-bond donors (Lipinski definition) is 1. The van der Waals surface area contributed by atoms with E-state index in [0.29, 0.717) is 6.54 Å². The highest BCUT2D eigenvalue weighted by Crippen LogP contribution is 2.25. The molecule has 2 aromatic rings. The number of hydrogen-bond acceptors (Lipinski definition) is 6. The van der Waals surface area contributed by atoms with E-state index in [0.717, 1.165) is 37.6 Å². The van der Waals surface area contributed by atoms with Crippen LogP contribution in [0.3, 0.4) is 0 Å². The monoisotopic (exact) mass is 346 g/mol. The van der Waals surface area contributed by atoms with E-state index in [1.165, 1.54) is 25.6 Å². The number of rotatable bonds is 5. The molecule has 132 valence electrons. The highest BCUT2D eigenvalue weighted by atomic mass is 19.1. The Morgan fingerprint density at radius 2 is 2.00 bits per heavy atom. The Kier molecular flexibility index (Phi) is 5.08. The van der Waals surface area contributed by atoms with Crippen molar-refractivity contribution in [3.63, 3.8) is 0 Å². The molecule has 0 aliphatic carbocycles. The fourth-order valence-electron chi connectivity index (χ4n) is 2.79. The lowest BCUT2D eigenvalue weighted by molar-refractivity contribution is 0.0690. The topological polar surface area (TPSA) is 78.8 Å². The molecule has 0 bridgehead atoms. The third-order valence-electron chi connectivity index (χ3n) is 4.18. The summed E-state index contributed by atoms with van der Waals surface area (Å²) in [5.74, 6) is -1.20. The van der Waals surface area contributed by atoms with E-state index in [2.05, 4.69) is 19.8 Å². The molecule has 0 saturated carbocycles. The van der Waals surface area contributed by atoms with Gasteiger partial charge in [0.15, 0.2) is 17.3 Å². The van der Waals surface area contributed by atoms with Crippen LogP contribution in [-0.2, 0) is 6.54 Å². The minimum absolute atomic E-state index is 0.0566. The number of anilines is 1. The summed E-state index contributed by atoms with van der Waals surface area (Å²) < 4.78 is 18.6. The molecule has 8 heteroatoms. The highest BCUT2D eigenvalue weighted by Gasteiger charge is 2.19. The summed E-state index contributed by atoms with van der Waals surface area (Å²) in [4.78, 5) is 23.2. The third-order valence-corrected chi connectivity index (χ3v) is 4.18. The van der Waals surface area contributed by atoms with Gasteiger partial charge in [0.2, 0.25) is 0 Å². The Balaban J connectivity index is 1.57. The number of nitrogens with zero attached hydrogens (tertiary/aromatic N) is 4. The standard InChI is InChI=1S/C17H19FN4O3/c1-25-16-8-13(2-3-14(16)18)22-6-4-21(5-7-22)11-12-9-20-15(10-19-12)17(23)24/h2-3,8-10H,4-7,11H2,1H3,(H,23,24). The fourth-order valence-corrected chi connectivity index (χ4v) is 2.79. The average Bonchev–Trinajstić information content (AvgIpc) is 2.63. The zero-order valence-corrected chi connectivity index (χ0v) is 13.9. The Hall–Kier alpha value is -2.74. The minimum Gasteiger partial charge on any atom is -0.494 e. The zero-order valence-electron chi connectivity index (χ0n) is 13.9. The van der Waals surface area contributed by atoms with Crippen molar-refractivity contribution in [3.05, 3.63) is 47.8 Å². The van der Waals surface area contributed by atoms with E-state index in [1.54, 1.807) is 12.1 Å². The molecule has 1 aliphatic rings. The van der Waals surface area contributed by atoms with Crippen LogP contribution in [0.5, 0.6) is 5.75 Å². The Morgan fingerprint density at radius 1 is 1.24 bits per heavy atom. The van der Waals surface area contributed by atoms with Crippen LogP contribution >= 0.6 is 0 Å². The van der Waals surface area contributed by atoms with Gasteiger partial charge in [-0.15, -0.1) is 0 Å². The Bertz CT molecular complexity index is 746.